The number of para-hydroxylation sites is 1. The Hall–Kier alpha value is -4.17. The summed E-state index contributed by atoms with van der Waals surface area (Å²) in [5.41, 5.74) is 2.92. The van der Waals surface area contributed by atoms with Gasteiger partial charge in [-0.05, 0) is 65.6 Å². The standard InChI is InChI=1S/C37H41BrN2O5/c1-24(2)22-37(3,4)23-34(41)39-31-19-18-27(38)21-30(31)35(42)40-32(36(43)44)20-25-14-16-26(17-15-25)29-12-8-9-13-33(29)45-28-10-6-5-7-11-28/h5-6,8-10,12-19,21,24,32H,7,11,20,22-23H2,1-4H3,(H,39,41)(H,40,42)(H,43,44)/t32-/m0/s1. The molecule has 3 N–H and O–H groups in total. The second-order valence-corrected chi connectivity index (χ2v) is 13.6. The number of amides is 2. The summed E-state index contributed by atoms with van der Waals surface area (Å²) in [4.78, 5) is 38.6. The second kappa shape index (κ2) is 15.2. The Balaban J connectivity index is 1.46. The van der Waals surface area contributed by atoms with Crippen molar-refractivity contribution in [3.8, 4) is 16.9 Å². The first-order valence-electron chi connectivity index (χ1n) is 15.2. The van der Waals surface area contributed by atoms with Crippen LogP contribution in [0.15, 0.2) is 95.2 Å². The lowest BCUT2D eigenvalue weighted by molar-refractivity contribution is -0.139. The number of carboxylic acid groups (broad SMARTS) is 1. The molecule has 1 aliphatic rings. The number of halogens is 1. The molecule has 0 saturated carbocycles. The highest BCUT2D eigenvalue weighted by Crippen LogP contribution is 2.33. The van der Waals surface area contributed by atoms with Crippen LogP contribution in [-0.4, -0.2) is 28.9 Å². The largest absolute Gasteiger partial charge is 0.480 e. The van der Waals surface area contributed by atoms with Crippen LogP contribution in [-0.2, 0) is 16.0 Å². The second-order valence-electron chi connectivity index (χ2n) is 12.6. The van der Waals surface area contributed by atoms with Crippen LogP contribution in [0.1, 0.15) is 69.3 Å². The van der Waals surface area contributed by atoms with E-state index in [1.54, 1.807) is 18.2 Å². The molecule has 2 amide bonds. The van der Waals surface area contributed by atoms with E-state index in [0.717, 1.165) is 47.5 Å². The molecule has 0 saturated heterocycles. The number of hydrogen-bond acceptors (Lipinski definition) is 4. The van der Waals surface area contributed by atoms with Crippen molar-refractivity contribution in [2.45, 2.75) is 65.8 Å². The monoisotopic (exact) mass is 672 g/mol. The van der Waals surface area contributed by atoms with Gasteiger partial charge in [-0.1, -0.05) is 98.2 Å². The van der Waals surface area contributed by atoms with Crippen LogP contribution in [0.2, 0.25) is 0 Å². The van der Waals surface area contributed by atoms with Crippen molar-refractivity contribution in [1.29, 1.82) is 0 Å². The van der Waals surface area contributed by atoms with Crippen LogP contribution in [0.5, 0.6) is 5.75 Å². The van der Waals surface area contributed by atoms with Crippen molar-refractivity contribution < 1.29 is 24.2 Å². The Kier molecular flexibility index (Phi) is 11.4. The fourth-order valence-electron chi connectivity index (χ4n) is 5.71. The number of carboxylic acids is 1. The summed E-state index contributed by atoms with van der Waals surface area (Å²) in [5, 5.41) is 15.5. The summed E-state index contributed by atoms with van der Waals surface area (Å²) in [6.45, 7) is 8.33. The topological polar surface area (TPSA) is 105 Å². The third-order valence-corrected chi connectivity index (χ3v) is 8.01. The molecule has 0 unspecified atom stereocenters. The Morgan fingerprint density at radius 1 is 1.02 bits per heavy atom. The Morgan fingerprint density at radius 3 is 2.42 bits per heavy atom. The smallest absolute Gasteiger partial charge is 0.326 e. The van der Waals surface area contributed by atoms with Crippen LogP contribution in [0.3, 0.4) is 0 Å². The van der Waals surface area contributed by atoms with Gasteiger partial charge in [0.2, 0.25) is 5.91 Å². The lowest BCUT2D eigenvalue weighted by Crippen LogP contribution is -2.42. The zero-order chi connectivity index (χ0) is 32.6. The molecule has 0 fully saturated rings. The van der Waals surface area contributed by atoms with Gasteiger partial charge in [-0.3, -0.25) is 9.59 Å². The van der Waals surface area contributed by atoms with Crippen LogP contribution < -0.4 is 15.4 Å². The molecule has 8 heteroatoms. The number of ether oxygens (including phenoxy) is 1. The van der Waals surface area contributed by atoms with Gasteiger partial charge < -0.3 is 20.5 Å². The molecule has 0 aromatic heterocycles. The van der Waals surface area contributed by atoms with Crippen molar-refractivity contribution in [3.05, 3.63) is 106 Å². The van der Waals surface area contributed by atoms with Crippen molar-refractivity contribution in [2.24, 2.45) is 11.3 Å². The van der Waals surface area contributed by atoms with Crippen molar-refractivity contribution >= 4 is 39.4 Å². The van der Waals surface area contributed by atoms with Gasteiger partial charge in [0.15, 0.2) is 0 Å². The zero-order valence-electron chi connectivity index (χ0n) is 26.2. The zero-order valence-corrected chi connectivity index (χ0v) is 27.8. The number of carbonyl (C=O) groups is 3. The average molecular weight is 674 g/mol. The van der Waals surface area contributed by atoms with Crippen molar-refractivity contribution in [3.63, 3.8) is 0 Å². The molecule has 1 aliphatic carbocycles. The summed E-state index contributed by atoms with van der Waals surface area (Å²) in [7, 11) is 0. The van der Waals surface area contributed by atoms with Crippen molar-refractivity contribution in [2.75, 3.05) is 5.32 Å². The molecule has 0 bridgehead atoms. The number of rotatable bonds is 13. The first-order chi connectivity index (χ1) is 21.4. The maximum absolute atomic E-state index is 13.4. The van der Waals surface area contributed by atoms with Gasteiger partial charge in [0, 0.05) is 29.3 Å². The SMILES string of the molecule is CC(C)CC(C)(C)CC(=O)Nc1ccc(Br)cc1C(=O)N[C@@H](Cc1ccc(-c2ccccc2OC2=CC=CCC2)cc1)C(=O)O. The third-order valence-electron chi connectivity index (χ3n) is 7.51. The Bertz CT molecular complexity index is 1590. The lowest BCUT2D eigenvalue weighted by Gasteiger charge is -2.26. The number of hydrogen-bond donors (Lipinski definition) is 3. The van der Waals surface area contributed by atoms with Gasteiger partial charge in [-0.2, -0.15) is 0 Å². The third kappa shape index (κ3) is 9.91. The maximum Gasteiger partial charge on any atom is 0.326 e. The highest BCUT2D eigenvalue weighted by Gasteiger charge is 2.26. The van der Waals surface area contributed by atoms with Gasteiger partial charge in [0.25, 0.3) is 5.91 Å². The molecule has 4 rings (SSSR count). The first kappa shape index (κ1) is 33.7. The minimum Gasteiger partial charge on any atom is -0.480 e. The fraction of sp³-hybridized carbons (Fsp3) is 0.324. The van der Waals surface area contributed by atoms with Gasteiger partial charge in [-0.15, -0.1) is 0 Å². The van der Waals surface area contributed by atoms with E-state index in [1.807, 2.05) is 74.5 Å². The van der Waals surface area contributed by atoms with Crippen LogP contribution >= 0.6 is 15.9 Å². The quantitative estimate of drug-likeness (QED) is 0.169. The molecule has 0 spiro atoms. The van der Waals surface area contributed by atoms with E-state index in [4.69, 9.17) is 4.74 Å². The van der Waals surface area contributed by atoms with E-state index >= 15 is 0 Å². The summed E-state index contributed by atoms with van der Waals surface area (Å²) in [5.74, 6) is 0.156. The van der Waals surface area contributed by atoms with E-state index in [1.165, 1.54) is 0 Å². The number of aliphatic carboxylic acids is 1. The predicted octanol–water partition coefficient (Wildman–Crippen LogP) is 8.56. The molecule has 45 heavy (non-hydrogen) atoms. The fourth-order valence-corrected chi connectivity index (χ4v) is 6.07. The number of allylic oxidation sites excluding steroid dienone is 4. The maximum atomic E-state index is 13.4. The Labute approximate surface area is 273 Å². The van der Waals surface area contributed by atoms with Gasteiger partial charge in [0.1, 0.15) is 17.6 Å². The molecule has 3 aromatic rings. The lowest BCUT2D eigenvalue weighted by atomic mass is 9.81. The first-order valence-corrected chi connectivity index (χ1v) is 16.0. The van der Waals surface area contributed by atoms with E-state index in [9.17, 15) is 19.5 Å². The van der Waals surface area contributed by atoms with Crippen LogP contribution in [0.4, 0.5) is 5.69 Å². The molecule has 0 heterocycles. The molecular formula is C37H41BrN2O5. The number of nitrogens with one attached hydrogen (secondary N) is 2. The van der Waals surface area contributed by atoms with E-state index in [0.29, 0.717) is 22.5 Å². The highest BCUT2D eigenvalue weighted by molar-refractivity contribution is 9.10. The molecule has 1 atom stereocenters. The summed E-state index contributed by atoms with van der Waals surface area (Å²) in [6.07, 6.45) is 9.12. The summed E-state index contributed by atoms with van der Waals surface area (Å²) in [6, 6.07) is 19.2. The van der Waals surface area contributed by atoms with E-state index < -0.39 is 17.9 Å². The number of anilines is 1. The number of benzene rings is 3. The normalized spacial score (nSPS) is 13.6. The molecule has 0 radical (unpaired) electrons. The molecule has 7 nitrogen and oxygen atoms in total. The molecule has 3 aromatic carbocycles. The van der Waals surface area contributed by atoms with E-state index in [2.05, 4.69) is 46.5 Å². The number of carbonyl (C=O) groups excluding carboxylic acids is 2. The van der Waals surface area contributed by atoms with E-state index in [-0.39, 0.29) is 23.3 Å². The van der Waals surface area contributed by atoms with Gasteiger partial charge in [-0.25, -0.2) is 4.79 Å². The molecule has 0 aliphatic heterocycles. The minimum atomic E-state index is -1.18. The molecular weight excluding hydrogens is 632 g/mol. The summed E-state index contributed by atoms with van der Waals surface area (Å²) >= 11 is 3.39. The van der Waals surface area contributed by atoms with Crippen molar-refractivity contribution in [1.82, 2.24) is 5.32 Å². The van der Waals surface area contributed by atoms with Crippen LogP contribution in [0.25, 0.3) is 11.1 Å². The van der Waals surface area contributed by atoms with Crippen LogP contribution in [0, 0.1) is 11.3 Å². The van der Waals surface area contributed by atoms with Gasteiger partial charge in [0.05, 0.1) is 11.3 Å². The average Bonchev–Trinajstić information content (AvgIpc) is 2.98. The van der Waals surface area contributed by atoms with Gasteiger partial charge >= 0.3 is 5.97 Å². The predicted molar refractivity (Wildman–Crippen MR) is 182 cm³/mol. The Morgan fingerprint density at radius 2 is 1.76 bits per heavy atom. The molecule has 236 valence electrons. The summed E-state index contributed by atoms with van der Waals surface area (Å²) < 4.78 is 6.82. The highest BCUT2D eigenvalue weighted by atomic mass is 79.9. The minimum absolute atomic E-state index is 0.0812.